The highest BCUT2D eigenvalue weighted by Crippen LogP contribution is 2.33. The topological polar surface area (TPSA) is 83.8 Å². The van der Waals surface area contributed by atoms with Crippen molar-refractivity contribution in [1.29, 1.82) is 0 Å². The molecule has 0 radical (unpaired) electrons. The van der Waals surface area contributed by atoms with E-state index in [0.29, 0.717) is 6.42 Å². The van der Waals surface area contributed by atoms with Gasteiger partial charge in [-0.15, -0.1) is 6.42 Å². The molecular formula is C23H21N3O4. The van der Waals surface area contributed by atoms with Gasteiger partial charge in [0, 0.05) is 19.5 Å². The lowest BCUT2D eigenvalue weighted by molar-refractivity contribution is -0.385. The number of piperazine rings is 1. The number of likely N-dealkylation sites (N-methyl/N-ethyl adjacent to an activating group) is 1. The van der Waals surface area contributed by atoms with E-state index in [9.17, 15) is 19.7 Å². The number of nitro groups is 1. The van der Waals surface area contributed by atoms with Crippen molar-refractivity contribution in [1.82, 2.24) is 9.80 Å². The third kappa shape index (κ3) is 3.67. The number of amides is 2. The van der Waals surface area contributed by atoms with Crippen molar-refractivity contribution in [2.45, 2.75) is 18.9 Å². The number of benzene rings is 2. The molecule has 1 fully saturated rings. The van der Waals surface area contributed by atoms with Gasteiger partial charge in [-0.05, 0) is 24.6 Å². The molecule has 1 heterocycles. The first kappa shape index (κ1) is 20.8. The van der Waals surface area contributed by atoms with Crippen LogP contribution in [0.3, 0.4) is 0 Å². The minimum atomic E-state index is -1.14. The molecule has 0 saturated carbocycles. The van der Waals surface area contributed by atoms with Crippen LogP contribution < -0.4 is 0 Å². The first-order valence-electron chi connectivity index (χ1n) is 9.32. The van der Waals surface area contributed by atoms with Gasteiger partial charge in [-0.3, -0.25) is 24.6 Å². The molecule has 1 unspecified atom stereocenters. The number of nitrogens with zero attached hydrogens (tertiary/aromatic N) is 3. The van der Waals surface area contributed by atoms with Crippen molar-refractivity contribution < 1.29 is 14.5 Å². The molecule has 0 aromatic heterocycles. The van der Waals surface area contributed by atoms with Crippen molar-refractivity contribution in [3.8, 4) is 12.3 Å². The number of nitro benzene ring substituents is 1. The van der Waals surface area contributed by atoms with Gasteiger partial charge in [-0.25, -0.2) is 0 Å². The summed E-state index contributed by atoms with van der Waals surface area (Å²) in [6.07, 6.45) is 7.14. The zero-order valence-corrected chi connectivity index (χ0v) is 16.7. The SMILES string of the molecule is C#CCN1C(=O)C(C)(Cc2ccccc2)N(C)C(=O)/C1=C\c1ccccc1[N+](=O)[O-]. The summed E-state index contributed by atoms with van der Waals surface area (Å²) >= 11 is 0. The lowest BCUT2D eigenvalue weighted by Gasteiger charge is -2.46. The highest BCUT2D eigenvalue weighted by Gasteiger charge is 2.49. The first-order valence-corrected chi connectivity index (χ1v) is 9.32. The Balaban J connectivity index is 2.08. The summed E-state index contributed by atoms with van der Waals surface area (Å²) in [7, 11) is 1.56. The molecule has 152 valence electrons. The van der Waals surface area contributed by atoms with E-state index >= 15 is 0 Å². The number of terminal acetylenes is 1. The maximum absolute atomic E-state index is 13.5. The molecule has 1 aliphatic rings. The van der Waals surface area contributed by atoms with Gasteiger partial charge in [0.2, 0.25) is 0 Å². The van der Waals surface area contributed by atoms with Crippen LogP contribution in [0.1, 0.15) is 18.1 Å². The second kappa shape index (κ2) is 8.21. The van der Waals surface area contributed by atoms with Gasteiger partial charge < -0.3 is 4.90 Å². The average molecular weight is 403 g/mol. The maximum atomic E-state index is 13.5. The van der Waals surface area contributed by atoms with Crippen molar-refractivity contribution in [2.75, 3.05) is 13.6 Å². The molecule has 0 spiro atoms. The number of hydrogen-bond donors (Lipinski definition) is 0. The van der Waals surface area contributed by atoms with E-state index in [0.717, 1.165) is 5.56 Å². The van der Waals surface area contributed by atoms with Gasteiger partial charge in [0.1, 0.15) is 11.2 Å². The van der Waals surface area contributed by atoms with Crippen molar-refractivity contribution in [2.24, 2.45) is 0 Å². The molecule has 7 nitrogen and oxygen atoms in total. The van der Waals surface area contributed by atoms with Crippen LogP contribution in [0.2, 0.25) is 0 Å². The first-order chi connectivity index (χ1) is 14.3. The second-order valence-corrected chi connectivity index (χ2v) is 7.24. The van der Waals surface area contributed by atoms with Gasteiger partial charge >= 0.3 is 0 Å². The molecule has 0 aliphatic carbocycles. The predicted molar refractivity (Wildman–Crippen MR) is 113 cm³/mol. The van der Waals surface area contributed by atoms with Crippen LogP contribution in [0.4, 0.5) is 5.69 Å². The number of carbonyl (C=O) groups excluding carboxylic acids is 2. The molecule has 30 heavy (non-hydrogen) atoms. The summed E-state index contributed by atoms with van der Waals surface area (Å²) in [6, 6.07) is 15.4. The summed E-state index contributed by atoms with van der Waals surface area (Å²) in [6.45, 7) is 1.58. The Labute approximate surface area is 174 Å². The van der Waals surface area contributed by atoms with Gasteiger partial charge in [-0.2, -0.15) is 0 Å². The molecule has 0 N–H and O–H groups in total. The highest BCUT2D eigenvalue weighted by atomic mass is 16.6. The largest absolute Gasteiger partial charge is 0.326 e. The van der Waals surface area contributed by atoms with Crippen LogP contribution >= 0.6 is 0 Å². The molecule has 3 rings (SSSR count). The van der Waals surface area contributed by atoms with Crippen LogP contribution in [0, 0.1) is 22.5 Å². The van der Waals surface area contributed by atoms with Gasteiger partial charge in [0.15, 0.2) is 0 Å². The van der Waals surface area contributed by atoms with Crippen LogP contribution in [0.5, 0.6) is 0 Å². The van der Waals surface area contributed by atoms with Gasteiger partial charge in [-0.1, -0.05) is 48.4 Å². The Bertz CT molecular complexity index is 1070. The average Bonchev–Trinajstić information content (AvgIpc) is 2.74. The van der Waals surface area contributed by atoms with Crippen LogP contribution in [0.15, 0.2) is 60.3 Å². The van der Waals surface area contributed by atoms with Crippen molar-refractivity contribution >= 4 is 23.6 Å². The summed E-state index contributed by atoms with van der Waals surface area (Å²) in [4.78, 5) is 40.2. The van der Waals surface area contributed by atoms with Crippen LogP contribution in [-0.2, 0) is 16.0 Å². The van der Waals surface area contributed by atoms with E-state index < -0.39 is 16.4 Å². The quantitative estimate of drug-likeness (QED) is 0.333. The maximum Gasteiger partial charge on any atom is 0.276 e. The van der Waals surface area contributed by atoms with Crippen LogP contribution in [-0.4, -0.2) is 45.7 Å². The number of hydrogen-bond acceptors (Lipinski definition) is 4. The van der Waals surface area contributed by atoms with E-state index in [2.05, 4.69) is 5.92 Å². The lowest BCUT2D eigenvalue weighted by Crippen LogP contribution is -2.65. The Morgan fingerprint density at radius 2 is 1.77 bits per heavy atom. The zero-order valence-electron chi connectivity index (χ0n) is 16.7. The molecule has 1 aliphatic heterocycles. The van der Waals surface area contributed by atoms with E-state index in [1.807, 2.05) is 30.3 Å². The van der Waals surface area contributed by atoms with Crippen molar-refractivity contribution in [3.05, 3.63) is 81.5 Å². The summed E-state index contributed by atoms with van der Waals surface area (Å²) in [5, 5.41) is 11.4. The van der Waals surface area contributed by atoms with E-state index in [-0.39, 0.29) is 29.4 Å². The van der Waals surface area contributed by atoms with Crippen LogP contribution in [0.25, 0.3) is 6.08 Å². The molecule has 0 bridgehead atoms. The Morgan fingerprint density at radius 1 is 1.13 bits per heavy atom. The molecular weight excluding hydrogens is 382 g/mol. The van der Waals surface area contributed by atoms with E-state index in [4.69, 9.17) is 6.42 Å². The molecule has 1 atom stereocenters. The Hall–Kier alpha value is -3.92. The normalized spacial score (nSPS) is 20.4. The number of carbonyl (C=O) groups is 2. The Kier molecular flexibility index (Phi) is 5.70. The third-order valence-corrected chi connectivity index (χ3v) is 5.33. The fourth-order valence-electron chi connectivity index (χ4n) is 3.55. The molecule has 2 aromatic rings. The molecule has 1 saturated heterocycles. The summed E-state index contributed by atoms with van der Waals surface area (Å²) in [5.74, 6) is 1.65. The van der Waals surface area contributed by atoms with Gasteiger partial charge in [0.05, 0.1) is 17.0 Å². The fourth-order valence-corrected chi connectivity index (χ4v) is 3.55. The zero-order chi connectivity index (χ0) is 21.9. The second-order valence-electron chi connectivity index (χ2n) is 7.24. The van der Waals surface area contributed by atoms with E-state index in [1.165, 1.54) is 34.1 Å². The van der Waals surface area contributed by atoms with Gasteiger partial charge in [0.25, 0.3) is 17.5 Å². The lowest BCUT2D eigenvalue weighted by atomic mass is 9.86. The highest BCUT2D eigenvalue weighted by molar-refractivity contribution is 6.09. The third-order valence-electron chi connectivity index (χ3n) is 5.33. The molecule has 2 aromatic carbocycles. The number of para-hydroxylation sites is 1. The number of rotatable bonds is 5. The Morgan fingerprint density at radius 3 is 2.40 bits per heavy atom. The van der Waals surface area contributed by atoms with E-state index in [1.54, 1.807) is 20.0 Å². The summed E-state index contributed by atoms with van der Waals surface area (Å²) in [5.41, 5.74) is -0.165. The minimum absolute atomic E-state index is 0.0142. The van der Waals surface area contributed by atoms with Crippen molar-refractivity contribution in [3.63, 3.8) is 0 Å². The monoisotopic (exact) mass is 403 g/mol. The molecule has 2 amide bonds. The summed E-state index contributed by atoms with van der Waals surface area (Å²) < 4.78 is 0. The fraction of sp³-hybridized carbons (Fsp3) is 0.217. The standard InChI is InChI=1S/C23H21N3O4/c1-4-14-25-20(15-18-12-8-9-13-19(18)26(29)30)21(27)24(3)23(2,22(25)28)16-17-10-6-5-7-11-17/h1,5-13,15H,14,16H2,2-3H3/b20-15+. The smallest absolute Gasteiger partial charge is 0.276 e. The molecule has 7 heteroatoms. The predicted octanol–water partition coefficient (Wildman–Crippen LogP) is 2.87. The minimum Gasteiger partial charge on any atom is -0.326 e.